The molecule has 2 heterocycles. The SMILES string of the molecule is CCc1nc(CN2C(=O)Cc3cc(C(=O)O)ccc32)no1. The molecule has 2 aromatic rings. The number of aryl methyl sites for hydroxylation is 1. The van der Waals surface area contributed by atoms with Crippen molar-refractivity contribution in [3.05, 3.63) is 41.0 Å². The van der Waals surface area contributed by atoms with Gasteiger partial charge >= 0.3 is 5.97 Å². The van der Waals surface area contributed by atoms with Crippen LogP contribution in [0.3, 0.4) is 0 Å². The number of carbonyl (C=O) groups is 2. The summed E-state index contributed by atoms with van der Waals surface area (Å²) in [6, 6.07) is 4.66. The highest BCUT2D eigenvalue weighted by Crippen LogP contribution is 2.30. The molecule has 108 valence electrons. The Hall–Kier alpha value is -2.70. The molecule has 1 aliphatic heterocycles. The molecule has 0 bridgehead atoms. The van der Waals surface area contributed by atoms with Crippen LogP contribution in [0.4, 0.5) is 5.69 Å². The van der Waals surface area contributed by atoms with Crippen LogP contribution in [0.1, 0.15) is 34.6 Å². The van der Waals surface area contributed by atoms with E-state index in [1.807, 2.05) is 6.92 Å². The van der Waals surface area contributed by atoms with Gasteiger partial charge < -0.3 is 14.5 Å². The lowest BCUT2D eigenvalue weighted by molar-refractivity contribution is -0.117. The summed E-state index contributed by atoms with van der Waals surface area (Å²) in [7, 11) is 0. The first-order valence-corrected chi connectivity index (χ1v) is 6.56. The molecule has 1 aromatic carbocycles. The molecule has 0 saturated carbocycles. The Morgan fingerprint density at radius 1 is 1.48 bits per heavy atom. The van der Waals surface area contributed by atoms with Gasteiger partial charge in [-0.15, -0.1) is 0 Å². The second kappa shape index (κ2) is 5.01. The molecule has 0 spiro atoms. The fourth-order valence-corrected chi connectivity index (χ4v) is 2.33. The third-order valence-electron chi connectivity index (χ3n) is 3.37. The minimum atomic E-state index is -1.01. The predicted molar refractivity (Wildman–Crippen MR) is 72.0 cm³/mol. The Morgan fingerprint density at radius 2 is 2.29 bits per heavy atom. The van der Waals surface area contributed by atoms with E-state index in [-0.39, 0.29) is 24.4 Å². The fourth-order valence-electron chi connectivity index (χ4n) is 2.33. The summed E-state index contributed by atoms with van der Waals surface area (Å²) >= 11 is 0. The zero-order chi connectivity index (χ0) is 15.0. The van der Waals surface area contributed by atoms with Gasteiger partial charge in [0, 0.05) is 12.1 Å². The van der Waals surface area contributed by atoms with Crippen LogP contribution >= 0.6 is 0 Å². The van der Waals surface area contributed by atoms with E-state index in [0.29, 0.717) is 29.4 Å². The van der Waals surface area contributed by atoms with Crippen LogP contribution in [0.5, 0.6) is 0 Å². The predicted octanol–water partition coefficient (Wildman–Crippen LogP) is 1.42. The monoisotopic (exact) mass is 287 g/mol. The molecule has 0 fully saturated rings. The van der Waals surface area contributed by atoms with E-state index in [9.17, 15) is 9.59 Å². The van der Waals surface area contributed by atoms with Crippen molar-refractivity contribution in [2.45, 2.75) is 26.3 Å². The van der Waals surface area contributed by atoms with E-state index in [1.54, 1.807) is 11.0 Å². The summed E-state index contributed by atoms with van der Waals surface area (Å²) in [6.45, 7) is 2.13. The highest BCUT2D eigenvalue weighted by atomic mass is 16.5. The quantitative estimate of drug-likeness (QED) is 0.913. The van der Waals surface area contributed by atoms with Gasteiger partial charge in [0.1, 0.15) is 0 Å². The van der Waals surface area contributed by atoms with Crippen LogP contribution in [0, 0.1) is 0 Å². The summed E-state index contributed by atoms with van der Waals surface area (Å²) in [5, 5.41) is 12.8. The van der Waals surface area contributed by atoms with E-state index in [2.05, 4.69) is 10.1 Å². The molecule has 0 radical (unpaired) electrons. The van der Waals surface area contributed by atoms with Gasteiger partial charge in [-0.2, -0.15) is 4.98 Å². The van der Waals surface area contributed by atoms with Crippen LogP contribution in [0.25, 0.3) is 0 Å². The van der Waals surface area contributed by atoms with E-state index >= 15 is 0 Å². The van der Waals surface area contributed by atoms with Gasteiger partial charge in [0.15, 0.2) is 5.82 Å². The molecule has 1 aromatic heterocycles. The van der Waals surface area contributed by atoms with Crippen LogP contribution in [0.15, 0.2) is 22.7 Å². The smallest absolute Gasteiger partial charge is 0.335 e. The number of benzene rings is 1. The molecule has 1 N–H and O–H groups in total. The first kappa shape index (κ1) is 13.3. The Balaban J connectivity index is 1.88. The Morgan fingerprint density at radius 3 is 2.95 bits per heavy atom. The lowest BCUT2D eigenvalue weighted by Gasteiger charge is -2.15. The average molecular weight is 287 g/mol. The van der Waals surface area contributed by atoms with Crippen molar-refractivity contribution in [3.63, 3.8) is 0 Å². The van der Waals surface area contributed by atoms with Gasteiger partial charge in [-0.25, -0.2) is 4.79 Å². The number of carboxylic acid groups (broad SMARTS) is 1. The number of carboxylic acids is 1. The summed E-state index contributed by atoms with van der Waals surface area (Å²) in [6.07, 6.45) is 0.828. The van der Waals surface area contributed by atoms with Crippen molar-refractivity contribution in [2.75, 3.05) is 4.90 Å². The van der Waals surface area contributed by atoms with Crippen molar-refractivity contribution < 1.29 is 19.2 Å². The Kier molecular flexibility index (Phi) is 3.17. The van der Waals surface area contributed by atoms with Crippen molar-refractivity contribution in [3.8, 4) is 0 Å². The van der Waals surface area contributed by atoms with Crippen molar-refractivity contribution in [2.24, 2.45) is 0 Å². The van der Waals surface area contributed by atoms with E-state index < -0.39 is 5.97 Å². The number of carbonyl (C=O) groups excluding carboxylic acids is 1. The summed E-state index contributed by atoms with van der Waals surface area (Å²) in [4.78, 5) is 28.8. The lowest BCUT2D eigenvalue weighted by atomic mass is 10.1. The Labute approximate surface area is 120 Å². The second-order valence-corrected chi connectivity index (χ2v) is 4.76. The number of hydrogen-bond donors (Lipinski definition) is 1. The molecule has 7 nitrogen and oxygen atoms in total. The van der Waals surface area contributed by atoms with E-state index in [0.717, 1.165) is 0 Å². The van der Waals surface area contributed by atoms with Gasteiger partial charge in [-0.05, 0) is 23.8 Å². The number of anilines is 1. The number of aromatic nitrogens is 2. The number of fused-ring (bicyclic) bond motifs is 1. The zero-order valence-corrected chi connectivity index (χ0v) is 11.4. The molecular formula is C14H13N3O4. The summed E-state index contributed by atoms with van der Waals surface area (Å²) < 4.78 is 5.02. The van der Waals surface area contributed by atoms with Gasteiger partial charge in [0.05, 0.1) is 18.5 Å². The third-order valence-corrected chi connectivity index (χ3v) is 3.37. The van der Waals surface area contributed by atoms with Gasteiger partial charge in [-0.1, -0.05) is 12.1 Å². The van der Waals surface area contributed by atoms with Gasteiger partial charge in [0.2, 0.25) is 11.8 Å². The molecule has 1 amide bonds. The molecule has 3 rings (SSSR count). The number of hydrogen-bond acceptors (Lipinski definition) is 5. The summed E-state index contributed by atoms with van der Waals surface area (Å²) in [5.41, 5.74) is 1.59. The normalized spacial score (nSPS) is 13.6. The summed E-state index contributed by atoms with van der Waals surface area (Å²) in [5.74, 6) is -0.140. The van der Waals surface area contributed by atoms with Gasteiger partial charge in [0.25, 0.3) is 0 Å². The topological polar surface area (TPSA) is 96.5 Å². The largest absolute Gasteiger partial charge is 0.478 e. The highest BCUT2D eigenvalue weighted by molar-refractivity contribution is 6.02. The standard InChI is InChI=1S/C14H13N3O4/c1-2-12-15-11(16-21-12)7-17-10-4-3-8(14(19)20)5-9(10)6-13(17)18/h3-5H,2,6-7H2,1H3,(H,19,20). The molecular weight excluding hydrogens is 274 g/mol. The molecule has 7 heteroatoms. The van der Waals surface area contributed by atoms with Gasteiger partial charge in [-0.3, -0.25) is 4.79 Å². The van der Waals surface area contributed by atoms with Crippen LogP contribution in [0.2, 0.25) is 0 Å². The molecule has 0 atom stereocenters. The third kappa shape index (κ3) is 2.37. The van der Waals surface area contributed by atoms with E-state index in [4.69, 9.17) is 9.63 Å². The minimum absolute atomic E-state index is 0.101. The molecule has 1 aliphatic rings. The van der Waals surface area contributed by atoms with Crippen molar-refractivity contribution in [1.82, 2.24) is 10.1 Å². The first-order valence-electron chi connectivity index (χ1n) is 6.56. The van der Waals surface area contributed by atoms with Crippen molar-refractivity contribution >= 4 is 17.6 Å². The molecule has 0 aliphatic carbocycles. The molecule has 0 saturated heterocycles. The average Bonchev–Trinajstić information content (AvgIpc) is 3.04. The van der Waals surface area contributed by atoms with Crippen molar-refractivity contribution in [1.29, 1.82) is 0 Å². The fraction of sp³-hybridized carbons (Fsp3) is 0.286. The van der Waals surface area contributed by atoms with Crippen LogP contribution in [-0.4, -0.2) is 27.1 Å². The zero-order valence-electron chi connectivity index (χ0n) is 11.4. The van der Waals surface area contributed by atoms with Crippen LogP contribution in [-0.2, 0) is 24.2 Å². The maximum atomic E-state index is 12.1. The van der Waals surface area contributed by atoms with Crippen LogP contribution < -0.4 is 4.90 Å². The number of nitrogens with zero attached hydrogens (tertiary/aromatic N) is 3. The number of aromatic carboxylic acids is 1. The maximum absolute atomic E-state index is 12.1. The maximum Gasteiger partial charge on any atom is 0.335 e. The highest BCUT2D eigenvalue weighted by Gasteiger charge is 2.29. The number of amides is 1. The Bertz CT molecular complexity index is 723. The molecule has 0 unspecified atom stereocenters. The number of rotatable bonds is 4. The molecule has 21 heavy (non-hydrogen) atoms. The van der Waals surface area contributed by atoms with E-state index in [1.165, 1.54) is 12.1 Å². The minimum Gasteiger partial charge on any atom is -0.478 e. The second-order valence-electron chi connectivity index (χ2n) is 4.76. The first-order chi connectivity index (χ1) is 10.1. The lowest BCUT2D eigenvalue weighted by Crippen LogP contribution is -2.26.